The molecule has 0 atom stereocenters. The van der Waals surface area contributed by atoms with Crippen molar-refractivity contribution in [1.29, 1.82) is 0 Å². The summed E-state index contributed by atoms with van der Waals surface area (Å²) >= 11 is 0. The quantitative estimate of drug-likeness (QED) is 0.228. The van der Waals surface area contributed by atoms with E-state index in [-0.39, 0.29) is 59.1 Å². The fraction of sp³-hybridized carbons (Fsp3) is 0.714. The van der Waals surface area contributed by atoms with Gasteiger partial charge in [0.2, 0.25) is 0 Å². The van der Waals surface area contributed by atoms with Crippen LogP contribution >= 0.6 is 0 Å². The maximum absolute atomic E-state index is 9.99. The molecule has 0 aromatic carbocycles. The Bertz CT molecular complexity index is 156. The molecule has 0 saturated heterocycles. The van der Waals surface area contributed by atoms with Gasteiger partial charge in [-0.1, -0.05) is 19.8 Å². The maximum Gasteiger partial charge on any atom is 1.00 e. The number of hydrogen-bond donors (Lipinski definition) is 1. The second-order valence-electron chi connectivity index (χ2n) is 2.22. The second-order valence-corrected chi connectivity index (χ2v) is 2.22. The Morgan fingerprint density at radius 3 is 1.93 bits per heavy atom. The van der Waals surface area contributed by atoms with Crippen LogP contribution in [0.1, 0.15) is 32.6 Å². The van der Waals surface area contributed by atoms with Crippen molar-refractivity contribution in [3.8, 4) is 0 Å². The average molecular weight is 237 g/mol. The van der Waals surface area contributed by atoms with Crippen molar-refractivity contribution in [2.45, 2.75) is 32.6 Å². The summed E-state index contributed by atoms with van der Waals surface area (Å²) in [5.41, 5.74) is 6.52. The van der Waals surface area contributed by atoms with Gasteiger partial charge in [-0.3, -0.25) is 5.26 Å². The molecule has 0 aliphatic rings. The second kappa shape index (κ2) is 20.2. The Kier molecular flexibility index (Phi) is 33.3. The molecule has 0 saturated carbocycles. The molecule has 2 N–H and O–H groups in total. The first-order valence-corrected chi connectivity index (χ1v) is 3.81. The van der Waals surface area contributed by atoms with Gasteiger partial charge in [-0.15, -0.1) is 0 Å². The van der Waals surface area contributed by atoms with Gasteiger partial charge in [-0.05, 0) is 12.8 Å². The van der Waals surface area contributed by atoms with Gasteiger partial charge in [0, 0.05) is 5.91 Å². The summed E-state index contributed by atoms with van der Waals surface area (Å²) in [6.07, 6.45) is 1.58. The number of nitrogens with one attached hydrogen (secondary N) is 1. The van der Waals surface area contributed by atoms with Gasteiger partial charge in [-0.2, -0.15) is 0 Å². The Morgan fingerprint density at radius 2 is 1.73 bits per heavy atom. The molecule has 0 unspecified atom stereocenters. The van der Waals surface area contributed by atoms with E-state index in [0.29, 0.717) is 6.42 Å². The molecule has 6 nitrogen and oxygen atoms in total. The Labute approximate surface area is 133 Å². The van der Waals surface area contributed by atoms with Crippen LogP contribution in [0, 0.1) is 0 Å². The minimum absolute atomic E-state index is 0. The fourth-order valence-corrected chi connectivity index (χ4v) is 0.536. The number of amides is 1. The van der Waals surface area contributed by atoms with Crippen LogP contribution in [0.25, 0.3) is 5.73 Å². The van der Waals surface area contributed by atoms with Crippen molar-refractivity contribution in [1.82, 2.24) is 0 Å². The number of unbranched alkanes of at least 4 members (excludes halogenated alkanes) is 2. The molecule has 0 bridgehead atoms. The minimum atomic E-state index is -1.94. The molecule has 0 heterocycles. The van der Waals surface area contributed by atoms with Crippen molar-refractivity contribution < 1.29 is 84.0 Å². The predicted octanol–water partition coefficient (Wildman–Crippen LogP) is -5.03. The van der Waals surface area contributed by atoms with E-state index < -0.39 is 12.1 Å². The van der Waals surface area contributed by atoms with E-state index in [9.17, 15) is 4.79 Å². The summed E-state index contributed by atoms with van der Waals surface area (Å²) in [6, 6.07) is 0. The van der Waals surface area contributed by atoms with Crippen molar-refractivity contribution in [2.24, 2.45) is 0 Å². The van der Waals surface area contributed by atoms with E-state index in [4.69, 9.17) is 20.9 Å². The van der Waals surface area contributed by atoms with Gasteiger partial charge in [0.15, 0.2) is 0 Å². The number of carboxylic acid groups (broad SMARTS) is 1. The van der Waals surface area contributed by atoms with E-state index in [1.165, 1.54) is 0 Å². The standard InChI is InChI=1S/C6H13NO.CH2O4.2Na/c1-2-3-4-5-6(7)8;2-1(3)5-4;;/h2-5H2,1H3,(H2,7,8);4H,(H,2,3);;/q;;2*+1/p-2. The smallest absolute Gasteiger partial charge is 0.668 e. The summed E-state index contributed by atoms with van der Waals surface area (Å²) in [5, 5.41) is 15.8. The molecule has 78 valence electrons. The predicted molar refractivity (Wildman–Crippen MR) is 42.6 cm³/mol. The Balaban J connectivity index is -0.0000000770. The molecule has 8 heteroatoms. The molecular formula is C7H13NNa2O5. The SMILES string of the molecule is CCCCCC([NH-])=O.O=C([O-])OO.[Na+].[Na+]. The van der Waals surface area contributed by atoms with Crippen LogP contribution in [0.5, 0.6) is 0 Å². The average Bonchev–Trinajstić information content (AvgIpc) is 2.05. The van der Waals surface area contributed by atoms with Crippen molar-refractivity contribution in [3.05, 3.63) is 5.73 Å². The molecule has 0 rings (SSSR count). The number of carbonyl (C=O) groups is 2. The summed E-state index contributed by atoms with van der Waals surface area (Å²) < 4.78 is 0. The van der Waals surface area contributed by atoms with Crippen molar-refractivity contribution in [2.75, 3.05) is 0 Å². The Morgan fingerprint density at radius 1 is 1.33 bits per heavy atom. The Hall–Kier alpha value is 0.700. The van der Waals surface area contributed by atoms with Crippen LogP contribution in [-0.2, 0) is 9.68 Å². The first-order chi connectivity index (χ1) is 6.04. The third kappa shape index (κ3) is 40.0. The molecule has 15 heavy (non-hydrogen) atoms. The van der Waals surface area contributed by atoms with Gasteiger partial charge < -0.3 is 25.3 Å². The van der Waals surface area contributed by atoms with E-state index in [2.05, 4.69) is 11.8 Å². The minimum Gasteiger partial charge on any atom is -0.668 e. The first-order valence-electron chi connectivity index (χ1n) is 3.81. The van der Waals surface area contributed by atoms with E-state index >= 15 is 0 Å². The maximum atomic E-state index is 9.99. The zero-order valence-electron chi connectivity index (χ0n) is 9.41. The van der Waals surface area contributed by atoms with Crippen LogP contribution in [0.2, 0.25) is 0 Å². The molecule has 0 radical (unpaired) electrons. The van der Waals surface area contributed by atoms with E-state index in [0.717, 1.165) is 19.3 Å². The van der Waals surface area contributed by atoms with Gasteiger partial charge in [0.25, 0.3) is 6.16 Å². The molecular weight excluding hydrogens is 224 g/mol. The van der Waals surface area contributed by atoms with Gasteiger partial charge in [-0.25, -0.2) is 0 Å². The summed E-state index contributed by atoms with van der Waals surface area (Å²) in [5.74, 6) is -0.432. The van der Waals surface area contributed by atoms with Gasteiger partial charge in [0.05, 0.1) is 0 Å². The third-order valence-corrected chi connectivity index (χ3v) is 1.08. The number of rotatable bonds is 4. The topological polar surface area (TPSA) is 110 Å². The fourth-order valence-electron chi connectivity index (χ4n) is 0.536. The summed E-state index contributed by atoms with van der Waals surface area (Å²) in [6.45, 7) is 2.08. The van der Waals surface area contributed by atoms with Gasteiger partial charge in [0.1, 0.15) is 0 Å². The zero-order valence-corrected chi connectivity index (χ0v) is 13.4. The summed E-state index contributed by atoms with van der Waals surface area (Å²) in [4.78, 5) is 21.3. The zero-order chi connectivity index (χ0) is 10.7. The normalized spacial score (nSPS) is 7.07. The van der Waals surface area contributed by atoms with Crippen LogP contribution in [0.4, 0.5) is 4.79 Å². The largest absolute Gasteiger partial charge is 1.00 e. The first kappa shape index (κ1) is 24.8. The molecule has 0 fully saturated rings. The van der Waals surface area contributed by atoms with Crippen LogP contribution in [0.15, 0.2) is 0 Å². The molecule has 0 aliphatic heterocycles. The van der Waals surface area contributed by atoms with Crippen molar-refractivity contribution >= 4 is 12.1 Å². The molecule has 1 amide bonds. The van der Waals surface area contributed by atoms with Crippen LogP contribution in [-0.4, -0.2) is 17.3 Å². The van der Waals surface area contributed by atoms with Gasteiger partial charge >= 0.3 is 59.1 Å². The summed E-state index contributed by atoms with van der Waals surface area (Å²) in [7, 11) is 0. The van der Waals surface area contributed by atoms with Crippen LogP contribution in [0.3, 0.4) is 0 Å². The number of hydrogen-bond acceptors (Lipinski definition) is 5. The van der Waals surface area contributed by atoms with E-state index in [1.807, 2.05) is 0 Å². The molecule has 0 aliphatic carbocycles. The molecule has 0 aromatic heterocycles. The number of carbonyl (C=O) groups excluding carboxylic acids is 2. The monoisotopic (exact) mass is 237 g/mol. The van der Waals surface area contributed by atoms with Crippen LogP contribution < -0.4 is 64.2 Å². The van der Waals surface area contributed by atoms with Crippen molar-refractivity contribution in [3.63, 3.8) is 0 Å². The molecule has 0 spiro atoms. The third-order valence-electron chi connectivity index (χ3n) is 1.08. The molecule has 0 aromatic rings. The van der Waals surface area contributed by atoms with E-state index in [1.54, 1.807) is 0 Å².